The monoisotopic (exact) mass is 512 g/mol. The largest absolute Gasteiger partial charge is 0.479 e. The van der Waals surface area contributed by atoms with Gasteiger partial charge in [-0.3, -0.25) is 19.0 Å². The maximum atomic E-state index is 12.6. The molecule has 3 N–H and O–H groups in total. The Hall–Kier alpha value is -4.23. The van der Waals surface area contributed by atoms with Crippen LogP contribution < -0.4 is 20.1 Å². The molecular formula is C22H20N6O5S2. The van der Waals surface area contributed by atoms with Gasteiger partial charge in [0.05, 0.1) is 12.0 Å². The zero-order valence-electron chi connectivity index (χ0n) is 18.6. The van der Waals surface area contributed by atoms with Crippen molar-refractivity contribution < 1.29 is 22.7 Å². The second-order valence-corrected chi connectivity index (χ2v) is 9.76. The SMILES string of the molecule is COc1nn(C)cc1C(=O)Nc1ccc(C(=O)Nc2ccc(S(=O)(=O)Nc3nccs3)cc2)cc1. The molecule has 0 saturated carbocycles. The smallest absolute Gasteiger partial charge is 0.263 e. The van der Waals surface area contributed by atoms with Crippen molar-refractivity contribution in [3.63, 3.8) is 0 Å². The Morgan fingerprint density at radius 3 is 2.20 bits per heavy atom. The summed E-state index contributed by atoms with van der Waals surface area (Å²) in [5, 5.41) is 11.4. The molecule has 0 spiro atoms. The summed E-state index contributed by atoms with van der Waals surface area (Å²) in [5.74, 6) is -0.585. The van der Waals surface area contributed by atoms with Crippen molar-refractivity contribution in [3.8, 4) is 5.88 Å². The number of sulfonamides is 1. The van der Waals surface area contributed by atoms with Gasteiger partial charge in [0.1, 0.15) is 5.56 Å². The lowest BCUT2D eigenvalue weighted by atomic mass is 10.2. The summed E-state index contributed by atoms with van der Waals surface area (Å²) in [4.78, 5) is 29.0. The summed E-state index contributed by atoms with van der Waals surface area (Å²) in [7, 11) is -0.673. The fraction of sp³-hybridized carbons (Fsp3) is 0.0909. The van der Waals surface area contributed by atoms with Crippen molar-refractivity contribution in [3.05, 3.63) is 77.4 Å². The van der Waals surface area contributed by atoms with Crippen LogP contribution in [-0.2, 0) is 17.1 Å². The number of rotatable bonds is 8. The molecule has 0 aliphatic heterocycles. The Bertz CT molecular complexity index is 1450. The molecular weight excluding hydrogens is 492 g/mol. The van der Waals surface area contributed by atoms with Crippen LogP contribution in [0, 0.1) is 0 Å². The molecule has 2 aromatic heterocycles. The Kier molecular flexibility index (Phi) is 6.80. The van der Waals surface area contributed by atoms with E-state index in [0.29, 0.717) is 16.9 Å². The molecule has 2 heterocycles. The van der Waals surface area contributed by atoms with Gasteiger partial charge in [0, 0.05) is 41.8 Å². The van der Waals surface area contributed by atoms with E-state index >= 15 is 0 Å². The van der Waals surface area contributed by atoms with Crippen LogP contribution in [0.1, 0.15) is 20.7 Å². The average molecular weight is 513 g/mol. The number of anilines is 3. The van der Waals surface area contributed by atoms with Gasteiger partial charge in [0.25, 0.3) is 21.8 Å². The molecule has 0 saturated heterocycles. The van der Waals surface area contributed by atoms with Crippen molar-refractivity contribution in [1.82, 2.24) is 14.8 Å². The Morgan fingerprint density at radius 2 is 1.60 bits per heavy atom. The lowest BCUT2D eigenvalue weighted by Gasteiger charge is -2.09. The Morgan fingerprint density at radius 1 is 0.971 bits per heavy atom. The van der Waals surface area contributed by atoms with Crippen LogP contribution in [0.25, 0.3) is 0 Å². The van der Waals surface area contributed by atoms with Gasteiger partial charge in [-0.15, -0.1) is 16.4 Å². The highest BCUT2D eigenvalue weighted by Crippen LogP contribution is 2.21. The van der Waals surface area contributed by atoms with Crippen molar-refractivity contribution >= 4 is 49.7 Å². The minimum absolute atomic E-state index is 0.0380. The van der Waals surface area contributed by atoms with E-state index in [1.54, 1.807) is 42.9 Å². The number of methoxy groups -OCH3 is 1. The summed E-state index contributed by atoms with van der Waals surface area (Å²) >= 11 is 1.17. The zero-order chi connectivity index (χ0) is 25.0. The maximum absolute atomic E-state index is 12.6. The fourth-order valence-electron chi connectivity index (χ4n) is 3.05. The first kappa shape index (κ1) is 23.9. The summed E-state index contributed by atoms with van der Waals surface area (Å²) < 4.78 is 33.8. The fourth-order valence-corrected chi connectivity index (χ4v) is 4.84. The highest BCUT2D eigenvalue weighted by Gasteiger charge is 2.17. The van der Waals surface area contributed by atoms with Crippen LogP contribution in [-0.4, -0.2) is 42.1 Å². The molecule has 13 heteroatoms. The number of carbonyl (C=O) groups excluding carboxylic acids is 2. The van der Waals surface area contributed by atoms with Gasteiger partial charge in [-0.05, 0) is 48.5 Å². The highest BCUT2D eigenvalue weighted by atomic mass is 32.2. The Labute approximate surface area is 204 Å². The van der Waals surface area contributed by atoms with Gasteiger partial charge in [-0.25, -0.2) is 13.4 Å². The van der Waals surface area contributed by atoms with E-state index in [1.807, 2.05) is 0 Å². The minimum atomic E-state index is -3.78. The van der Waals surface area contributed by atoms with Crippen molar-refractivity contribution in [2.75, 3.05) is 22.5 Å². The number of thiazole rings is 1. The van der Waals surface area contributed by atoms with Gasteiger partial charge in [0.15, 0.2) is 5.13 Å². The first-order valence-corrected chi connectivity index (χ1v) is 12.4. The number of aryl methyl sites for hydroxylation is 1. The molecule has 0 radical (unpaired) electrons. The molecule has 180 valence electrons. The van der Waals surface area contributed by atoms with Crippen molar-refractivity contribution in [1.29, 1.82) is 0 Å². The summed E-state index contributed by atoms with van der Waals surface area (Å²) in [5.41, 5.74) is 1.54. The molecule has 4 rings (SSSR count). The Balaban J connectivity index is 1.38. The van der Waals surface area contributed by atoms with Crippen LogP contribution in [0.15, 0.2) is 71.2 Å². The van der Waals surface area contributed by atoms with Gasteiger partial charge >= 0.3 is 0 Å². The normalized spacial score (nSPS) is 11.0. The number of nitrogens with one attached hydrogen (secondary N) is 3. The highest BCUT2D eigenvalue weighted by molar-refractivity contribution is 7.93. The molecule has 0 aliphatic rings. The van der Waals surface area contributed by atoms with Gasteiger partial charge < -0.3 is 15.4 Å². The van der Waals surface area contributed by atoms with Gasteiger partial charge in [0.2, 0.25) is 5.88 Å². The van der Waals surface area contributed by atoms with E-state index in [-0.39, 0.29) is 21.5 Å². The molecule has 2 amide bonds. The molecule has 0 aliphatic carbocycles. The summed E-state index contributed by atoms with van der Waals surface area (Å²) in [6.45, 7) is 0. The number of aromatic nitrogens is 3. The molecule has 35 heavy (non-hydrogen) atoms. The minimum Gasteiger partial charge on any atom is -0.479 e. The number of ether oxygens (including phenoxy) is 1. The topological polar surface area (TPSA) is 144 Å². The van der Waals surface area contributed by atoms with E-state index in [4.69, 9.17) is 4.74 Å². The number of carbonyl (C=O) groups is 2. The predicted octanol–water partition coefficient (Wildman–Crippen LogP) is 3.19. The number of hydrogen-bond donors (Lipinski definition) is 3. The molecule has 0 bridgehead atoms. The number of nitrogens with zero attached hydrogens (tertiary/aromatic N) is 3. The summed E-state index contributed by atoms with van der Waals surface area (Å²) in [6.07, 6.45) is 3.04. The molecule has 4 aromatic rings. The van der Waals surface area contributed by atoms with E-state index in [0.717, 1.165) is 0 Å². The molecule has 0 unspecified atom stereocenters. The third-order valence-electron chi connectivity index (χ3n) is 4.71. The van der Waals surface area contributed by atoms with Crippen LogP contribution in [0.5, 0.6) is 5.88 Å². The first-order valence-electron chi connectivity index (χ1n) is 10.1. The maximum Gasteiger partial charge on any atom is 0.263 e. The lowest BCUT2D eigenvalue weighted by molar-refractivity contribution is 0.101. The second kappa shape index (κ2) is 9.95. The van der Waals surface area contributed by atoms with E-state index in [2.05, 4.69) is 25.4 Å². The van der Waals surface area contributed by atoms with Crippen LogP contribution in [0.3, 0.4) is 0 Å². The number of hydrogen-bond acceptors (Lipinski definition) is 8. The van der Waals surface area contributed by atoms with Crippen LogP contribution >= 0.6 is 11.3 Å². The predicted molar refractivity (Wildman–Crippen MR) is 131 cm³/mol. The number of benzene rings is 2. The molecule has 2 aromatic carbocycles. The molecule has 0 fully saturated rings. The third-order valence-corrected chi connectivity index (χ3v) is 6.89. The van der Waals surface area contributed by atoms with Crippen LogP contribution in [0.2, 0.25) is 0 Å². The quantitative estimate of drug-likeness (QED) is 0.329. The third kappa shape index (κ3) is 5.65. The van der Waals surface area contributed by atoms with Gasteiger partial charge in [-0.1, -0.05) is 0 Å². The first-order chi connectivity index (χ1) is 16.7. The van der Waals surface area contributed by atoms with Gasteiger partial charge in [-0.2, -0.15) is 0 Å². The average Bonchev–Trinajstić information content (AvgIpc) is 3.48. The van der Waals surface area contributed by atoms with Crippen LogP contribution in [0.4, 0.5) is 16.5 Å². The molecule has 11 nitrogen and oxygen atoms in total. The second-order valence-electron chi connectivity index (χ2n) is 7.18. The van der Waals surface area contributed by atoms with E-state index in [1.165, 1.54) is 53.6 Å². The standard InChI is InChI=1S/C22H20N6O5S2/c1-28-13-18(21(26-28)33-2)20(30)25-15-5-3-14(4-6-15)19(29)24-16-7-9-17(10-8-16)35(31,32)27-22-23-11-12-34-22/h3-13H,1-2H3,(H,23,27)(H,24,29)(H,25,30). The lowest BCUT2D eigenvalue weighted by Crippen LogP contribution is -2.14. The zero-order valence-corrected chi connectivity index (χ0v) is 20.2. The van der Waals surface area contributed by atoms with E-state index < -0.39 is 21.8 Å². The van der Waals surface area contributed by atoms with Crippen molar-refractivity contribution in [2.45, 2.75) is 4.90 Å². The van der Waals surface area contributed by atoms with Crippen molar-refractivity contribution in [2.24, 2.45) is 7.05 Å². The summed E-state index contributed by atoms with van der Waals surface area (Å²) in [6, 6.07) is 12.1. The molecule has 0 atom stereocenters. The number of amides is 2. The van der Waals surface area contributed by atoms with E-state index in [9.17, 15) is 18.0 Å².